The number of hydrogen-bond acceptors (Lipinski definition) is 2. The molecule has 0 radical (unpaired) electrons. The molecule has 0 aliphatic carbocycles. The van der Waals surface area contributed by atoms with Crippen LogP contribution >= 0.6 is 0 Å². The number of aryl methyl sites for hydroxylation is 3. The monoisotopic (exact) mass is 250 g/mol. The van der Waals surface area contributed by atoms with Crippen LogP contribution in [0.1, 0.15) is 42.0 Å². The molecule has 102 valence electrons. The van der Waals surface area contributed by atoms with E-state index in [9.17, 15) is 5.11 Å². The van der Waals surface area contributed by atoms with E-state index in [-0.39, 0.29) is 6.10 Å². The van der Waals surface area contributed by atoms with E-state index in [1.807, 2.05) is 0 Å². The van der Waals surface area contributed by atoms with Crippen molar-refractivity contribution < 1.29 is 9.84 Å². The molecule has 0 fully saturated rings. The zero-order valence-corrected chi connectivity index (χ0v) is 12.3. The Labute approximate surface area is 111 Å². The highest BCUT2D eigenvalue weighted by atomic mass is 16.5. The third kappa shape index (κ3) is 3.82. The van der Waals surface area contributed by atoms with E-state index < -0.39 is 6.10 Å². The van der Waals surface area contributed by atoms with Crippen LogP contribution in [0.3, 0.4) is 0 Å². The first-order valence-corrected chi connectivity index (χ1v) is 6.77. The molecule has 0 spiro atoms. The molecule has 0 bridgehead atoms. The summed E-state index contributed by atoms with van der Waals surface area (Å²) in [6, 6.07) is 4.35. The molecule has 0 saturated heterocycles. The van der Waals surface area contributed by atoms with Gasteiger partial charge in [0.15, 0.2) is 0 Å². The Morgan fingerprint density at radius 2 is 1.72 bits per heavy atom. The quantitative estimate of drug-likeness (QED) is 0.839. The minimum atomic E-state index is -0.421. The molecule has 0 amide bonds. The maximum atomic E-state index is 10.3. The fourth-order valence-electron chi connectivity index (χ4n) is 2.62. The maximum Gasteiger partial charge on any atom is 0.0842 e. The van der Waals surface area contributed by atoms with E-state index in [2.05, 4.69) is 39.8 Å². The maximum absolute atomic E-state index is 10.3. The van der Waals surface area contributed by atoms with Gasteiger partial charge in [-0.25, -0.2) is 0 Å². The number of benzene rings is 1. The van der Waals surface area contributed by atoms with Gasteiger partial charge in [0.2, 0.25) is 0 Å². The van der Waals surface area contributed by atoms with E-state index in [4.69, 9.17) is 4.74 Å². The molecule has 0 heterocycles. The third-order valence-corrected chi connectivity index (χ3v) is 3.56. The predicted octanol–water partition coefficient (Wildman–Crippen LogP) is 3.33. The second kappa shape index (κ2) is 6.91. The molecule has 0 aliphatic heterocycles. The predicted molar refractivity (Wildman–Crippen MR) is 76.1 cm³/mol. The van der Waals surface area contributed by atoms with Crippen LogP contribution in [0.25, 0.3) is 0 Å². The largest absolute Gasteiger partial charge is 0.390 e. The van der Waals surface area contributed by atoms with Crippen molar-refractivity contribution in [2.75, 3.05) is 7.11 Å². The number of hydrogen-bond donors (Lipinski definition) is 1. The molecule has 0 aliphatic rings. The number of rotatable bonds is 6. The van der Waals surface area contributed by atoms with Crippen LogP contribution in [0.2, 0.25) is 0 Å². The van der Waals surface area contributed by atoms with Gasteiger partial charge in [-0.3, -0.25) is 0 Å². The highest BCUT2D eigenvalue weighted by Crippen LogP contribution is 2.20. The Kier molecular flexibility index (Phi) is 5.83. The topological polar surface area (TPSA) is 29.5 Å². The summed E-state index contributed by atoms with van der Waals surface area (Å²) in [5.74, 6) is 0. The van der Waals surface area contributed by atoms with Gasteiger partial charge in [0.1, 0.15) is 0 Å². The lowest BCUT2D eigenvalue weighted by molar-refractivity contribution is -0.0160. The van der Waals surface area contributed by atoms with Crippen molar-refractivity contribution in [1.82, 2.24) is 0 Å². The first-order chi connectivity index (χ1) is 8.49. The molecular formula is C16H26O2. The first kappa shape index (κ1) is 15.2. The van der Waals surface area contributed by atoms with Crippen molar-refractivity contribution >= 4 is 0 Å². The highest BCUT2D eigenvalue weighted by Gasteiger charge is 2.19. The molecule has 2 heteroatoms. The Balaban J connectivity index is 2.84. The molecule has 2 atom stereocenters. The summed E-state index contributed by atoms with van der Waals surface area (Å²) in [5, 5.41) is 10.3. The smallest absolute Gasteiger partial charge is 0.0842 e. The van der Waals surface area contributed by atoms with Crippen molar-refractivity contribution in [3.05, 3.63) is 34.4 Å². The Hall–Kier alpha value is -0.860. The van der Waals surface area contributed by atoms with Crippen LogP contribution in [0.5, 0.6) is 0 Å². The van der Waals surface area contributed by atoms with Crippen LogP contribution in [-0.4, -0.2) is 24.4 Å². The lowest BCUT2D eigenvalue weighted by Crippen LogP contribution is -2.30. The summed E-state index contributed by atoms with van der Waals surface area (Å²) in [5.41, 5.74) is 5.06. The zero-order valence-electron chi connectivity index (χ0n) is 12.3. The second-order valence-electron chi connectivity index (χ2n) is 5.21. The Bertz CT molecular complexity index is 362. The molecule has 0 aromatic heterocycles. The number of methoxy groups -OCH3 is 1. The molecule has 1 aromatic rings. The molecule has 2 unspecified atom stereocenters. The van der Waals surface area contributed by atoms with Gasteiger partial charge < -0.3 is 9.84 Å². The van der Waals surface area contributed by atoms with Crippen molar-refractivity contribution in [2.24, 2.45) is 0 Å². The van der Waals surface area contributed by atoms with Crippen LogP contribution in [-0.2, 0) is 11.2 Å². The van der Waals surface area contributed by atoms with Gasteiger partial charge >= 0.3 is 0 Å². The van der Waals surface area contributed by atoms with Crippen molar-refractivity contribution in [3.8, 4) is 0 Å². The van der Waals surface area contributed by atoms with Crippen LogP contribution in [0.15, 0.2) is 12.1 Å². The van der Waals surface area contributed by atoms with E-state index in [0.717, 1.165) is 12.8 Å². The standard InChI is InChI=1S/C16H26O2/c1-6-7-16(18-5)15(17)10-14-12(3)8-11(2)9-13(14)4/h8-9,15-17H,6-7,10H2,1-5H3. The van der Waals surface area contributed by atoms with E-state index in [1.54, 1.807) is 7.11 Å². The van der Waals surface area contributed by atoms with Crippen LogP contribution in [0.4, 0.5) is 0 Å². The van der Waals surface area contributed by atoms with E-state index >= 15 is 0 Å². The molecule has 1 N–H and O–H groups in total. The molecule has 0 saturated carbocycles. The minimum absolute atomic E-state index is 0.0601. The zero-order chi connectivity index (χ0) is 13.7. The fourth-order valence-corrected chi connectivity index (χ4v) is 2.62. The summed E-state index contributed by atoms with van der Waals surface area (Å²) >= 11 is 0. The normalized spacial score (nSPS) is 14.6. The number of aliphatic hydroxyl groups is 1. The Morgan fingerprint density at radius 3 is 2.17 bits per heavy atom. The molecule has 18 heavy (non-hydrogen) atoms. The molecule has 1 rings (SSSR count). The van der Waals surface area contributed by atoms with Gasteiger partial charge in [-0.1, -0.05) is 31.0 Å². The van der Waals surface area contributed by atoms with Crippen LogP contribution in [0, 0.1) is 20.8 Å². The SMILES string of the molecule is CCCC(OC)C(O)Cc1c(C)cc(C)cc1C. The lowest BCUT2D eigenvalue weighted by Gasteiger charge is -2.23. The van der Waals surface area contributed by atoms with Gasteiger partial charge in [0.05, 0.1) is 12.2 Å². The van der Waals surface area contributed by atoms with Crippen molar-refractivity contribution in [2.45, 2.75) is 59.2 Å². The number of aliphatic hydroxyl groups excluding tert-OH is 1. The fraction of sp³-hybridized carbons (Fsp3) is 0.625. The van der Waals surface area contributed by atoms with Gasteiger partial charge in [-0.15, -0.1) is 0 Å². The van der Waals surface area contributed by atoms with Gasteiger partial charge in [0, 0.05) is 13.5 Å². The van der Waals surface area contributed by atoms with Crippen molar-refractivity contribution in [3.63, 3.8) is 0 Å². The molecular weight excluding hydrogens is 224 g/mol. The third-order valence-electron chi connectivity index (χ3n) is 3.56. The molecule has 2 nitrogen and oxygen atoms in total. The second-order valence-corrected chi connectivity index (χ2v) is 5.21. The van der Waals surface area contributed by atoms with Gasteiger partial charge in [-0.05, 0) is 43.9 Å². The molecule has 1 aromatic carbocycles. The highest BCUT2D eigenvalue weighted by molar-refractivity contribution is 5.37. The number of ether oxygens (including phenoxy) is 1. The average Bonchev–Trinajstić information content (AvgIpc) is 2.30. The summed E-state index contributed by atoms with van der Waals surface area (Å²) in [6.07, 6.45) is 2.13. The Morgan fingerprint density at radius 1 is 1.17 bits per heavy atom. The summed E-state index contributed by atoms with van der Waals surface area (Å²) in [7, 11) is 1.68. The van der Waals surface area contributed by atoms with Crippen LogP contribution < -0.4 is 0 Å². The minimum Gasteiger partial charge on any atom is -0.390 e. The summed E-state index contributed by atoms with van der Waals surface area (Å²) in [4.78, 5) is 0. The summed E-state index contributed by atoms with van der Waals surface area (Å²) in [6.45, 7) is 8.45. The summed E-state index contributed by atoms with van der Waals surface area (Å²) < 4.78 is 5.38. The van der Waals surface area contributed by atoms with Gasteiger partial charge in [-0.2, -0.15) is 0 Å². The van der Waals surface area contributed by atoms with Gasteiger partial charge in [0.25, 0.3) is 0 Å². The van der Waals surface area contributed by atoms with E-state index in [1.165, 1.54) is 22.3 Å². The first-order valence-electron chi connectivity index (χ1n) is 6.77. The van der Waals surface area contributed by atoms with Crippen molar-refractivity contribution in [1.29, 1.82) is 0 Å². The average molecular weight is 250 g/mol. The van der Waals surface area contributed by atoms with E-state index in [0.29, 0.717) is 6.42 Å². The lowest BCUT2D eigenvalue weighted by atomic mass is 9.93.